The molecular formula is C28H43NO5. The van der Waals surface area contributed by atoms with Gasteiger partial charge in [0.1, 0.15) is 0 Å². The van der Waals surface area contributed by atoms with Crippen LogP contribution in [0.4, 0.5) is 0 Å². The van der Waals surface area contributed by atoms with E-state index in [1.54, 1.807) is 7.11 Å². The highest BCUT2D eigenvalue weighted by molar-refractivity contribution is 5.62. The van der Waals surface area contributed by atoms with Crippen LogP contribution in [0.25, 0.3) is 0 Å². The molecule has 190 valence electrons. The van der Waals surface area contributed by atoms with Crippen molar-refractivity contribution < 1.29 is 24.1 Å². The standard InChI is InChI=1S/C28H43NO5/c1-7-9-10-20-17-33-28(8-2,32-16-18(20)3)25-27-13-14-29(5)22(26(27,4)30)15-19-11-12-21(31-6)24(34-25)23(19)27/h11-12,18,20,22,25,30H,7-10,13-17H2,1-6H3. The van der Waals surface area contributed by atoms with Gasteiger partial charge >= 0.3 is 0 Å². The first kappa shape index (κ1) is 24.4. The molecule has 3 aliphatic heterocycles. The van der Waals surface area contributed by atoms with Crippen molar-refractivity contribution in [1.82, 2.24) is 4.90 Å². The van der Waals surface area contributed by atoms with Crippen LogP contribution < -0.4 is 9.47 Å². The van der Waals surface area contributed by atoms with Gasteiger partial charge in [0.2, 0.25) is 5.79 Å². The number of ether oxygens (including phenoxy) is 4. The summed E-state index contributed by atoms with van der Waals surface area (Å²) in [6.45, 7) is 10.9. The van der Waals surface area contributed by atoms with Gasteiger partial charge < -0.3 is 29.0 Å². The van der Waals surface area contributed by atoms with E-state index in [4.69, 9.17) is 18.9 Å². The molecule has 3 heterocycles. The first-order valence-electron chi connectivity index (χ1n) is 13.3. The molecule has 4 aliphatic rings. The molecule has 2 bridgehead atoms. The van der Waals surface area contributed by atoms with Crippen molar-refractivity contribution in [3.05, 3.63) is 23.3 Å². The van der Waals surface area contributed by atoms with Gasteiger partial charge in [0, 0.05) is 18.0 Å². The first-order chi connectivity index (χ1) is 16.3. The second-order valence-electron chi connectivity index (χ2n) is 11.4. The van der Waals surface area contributed by atoms with Crippen LogP contribution in [0.15, 0.2) is 12.1 Å². The number of nitrogens with zero attached hydrogens (tertiary/aromatic N) is 1. The Hall–Kier alpha value is -1.34. The summed E-state index contributed by atoms with van der Waals surface area (Å²) in [4.78, 5) is 2.31. The van der Waals surface area contributed by atoms with Gasteiger partial charge in [-0.1, -0.05) is 39.7 Å². The van der Waals surface area contributed by atoms with Crippen molar-refractivity contribution in [2.24, 2.45) is 11.8 Å². The molecule has 0 aromatic heterocycles. The summed E-state index contributed by atoms with van der Waals surface area (Å²) in [6.07, 6.45) is 5.34. The van der Waals surface area contributed by atoms with Gasteiger partial charge in [-0.25, -0.2) is 0 Å². The second kappa shape index (κ2) is 8.65. The monoisotopic (exact) mass is 473 g/mol. The highest BCUT2D eigenvalue weighted by Gasteiger charge is 2.72. The molecule has 6 heteroatoms. The number of benzene rings is 1. The third-order valence-corrected chi connectivity index (χ3v) is 9.67. The number of methoxy groups -OCH3 is 1. The van der Waals surface area contributed by atoms with Crippen molar-refractivity contribution >= 4 is 0 Å². The lowest BCUT2D eigenvalue weighted by Crippen LogP contribution is -2.75. The van der Waals surface area contributed by atoms with Crippen molar-refractivity contribution in [1.29, 1.82) is 0 Å². The Morgan fingerprint density at radius 2 is 1.97 bits per heavy atom. The van der Waals surface area contributed by atoms with E-state index < -0.39 is 22.9 Å². The van der Waals surface area contributed by atoms with E-state index in [2.05, 4.69) is 38.8 Å². The summed E-state index contributed by atoms with van der Waals surface area (Å²) in [5.41, 5.74) is 0.745. The molecule has 5 rings (SSSR count). The smallest absolute Gasteiger partial charge is 0.206 e. The number of rotatable bonds is 6. The van der Waals surface area contributed by atoms with Crippen LogP contribution >= 0.6 is 0 Å². The van der Waals surface area contributed by atoms with Gasteiger partial charge in [0.15, 0.2) is 17.6 Å². The third-order valence-electron chi connectivity index (χ3n) is 9.67. The van der Waals surface area contributed by atoms with Crippen LogP contribution in [-0.2, 0) is 21.3 Å². The molecule has 1 N–H and O–H groups in total. The molecule has 0 amide bonds. The lowest BCUT2D eigenvalue weighted by atomic mass is 9.52. The molecule has 1 aromatic carbocycles. The Morgan fingerprint density at radius 3 is 2.68 bits per heavy atom. The maximum Gasteiger partial charge on any atom is 0.206 e. The van der Waals surface area contributed by atoms with Gasteiger partial charge in [0.25, 0.3) is 0 Å². The fourth-order valence-electron chi connectivity index (χ4n) is 7.42. The van der Waals surface area contributed by atoms with Crippen LogP contribution in [0.5, 0.6) is 11.5 Å². The highest BCUT2D eigenvalue weighted by Crippen LogP contribution is 2.64. The van der Waals surface area contributed by atoms with Crippen LogP contribution in [-0.4, -0.2) is 67.5 Å². The van der Waals surface area contributed by atoms with Crippen LogP contribution in [0.1, 0.15) is 70.9 Å². The molecule has 0 radical (unpaired) electrons. The van der Waals surface area contributed by atoms with Crippen LogP contribution in [0.2, 0.25) is 0 Å². The van der Waals surface area contributed by atoms with E-state index in [1.807, 2.05) is 13.0 Å². The minimum atomic E-state index is -0.996. The molecule has 1 aliphatic carbocycles. The van der Waals surface area contributed by atoms with Crippen molar-refractivity contribution in [2.75, 3.05) is 33.9 Å². The Labute approximate surface area is 204 Å². The van der Waals surface area contributed by atoms with Crippen LogP contribution in [0.3, 0.4) is 0 Å². The average Bonchev–Trinajstić information content (AvgIpc) is 3.09. The summed E-state index contributed by atoms with van der Waals surface area (Å²) >= 11 is 0. The number of likely N-dealkylation sites (N-methyl/N-ethyl adjacent to an activating group) is 1. The predicted octanol–water partition coefficient (Wildman–Crippen LogP) is 4.30. The second-order valence-corrected chi connectivity index (χ2v) is 11.4. The first-order valence-corrected chi connectivity index (χ1v) is 13.3. The molecule has 1 aromatic rings. The fraction of sp³-hybridized carbons (Fsp3) is 0.786. The molecule has 6 nitrogen and oxygen atoms in total. The largest absolute Gasteiger partial charge is 0.493 e. The summed E-state index contributed by atoms with van der Waals surface area (Å²) in [6, 6.07) is 4.18. The Balaban J connectivity index is 1.63. The van der Waals surface area contributed by atoms with Gasteiger partial charge in [-0.3, -0.25) is 0 Å². The lowest BCUT2D eigenvalue weighted by molar-refractivity contribution is -0.299. The molecule has 2 fully saturated rings. The molecule has 0 saturated carbocycles. The zero-order valence-corrected chi connectivity index (χ0v) is 21.9. The molecule has 1 spiro atoms. The van der Waals surface area contributed by atoms with Gasteiger partial charge in [-0.05, 0) is 63.2 Å². The van der Waals surface area contributed by atoms with Gasteiger partial charge in [-0.15, -0.1) is 0 Å². The maximum absolute atomic E-state index is 12.3. The number of unbranched alkanes of at least 4 members (excludes halogenated alkanes) is 1. The van der Waals surface area contributed by atoms with Crippen molar-refractivity contribution in [3.63, 3.8) is 0 Å². The maximum atomic E-state index is 12.3. The van der Waals surface area contributed by atoms with E-state index in [0.29, 0.717) is 31.5 Å². The number of hydrogen-bond acceptors (Lipinski definition) is 6. The fourth-order valence-corrected chi connectivity index (χ4v) is 7.42. The highest BCUT2D eigenvalue weighted by atomic mass is 16.7. The summed E-state index contributed by atoms with van der Waals surface area (Å²) in [7, 11) is 3.81. The van der Waals surface area contributed by atoms with Crippen molar-refractivity contribution in [3.8, 4) is 11.5 Å². The Kier molecular flexibility index (Phi) is 6.20. The predicted molar refractivity (Wildman–Crippen MR) is 132 cm³/mol. The topological polar surface area (TPSA) is 60.4 Å². The molecule has 2 saturated heterocycles. The number of piperidine rings is 1. The quantitative estimate of drug-likeness (QED) is 0.665. The van der Waals surface area contributed by atoms with E-state index >= 15 is 0 Å². The van der Waals surface area contributed by atoms with Gasteiger partial charge in [0.05, 0.1) is 31.3 Å². The van der Waals surface area contributed by atoms with Gasteiger partial charge in [-0.2, -0.15) is 0 Å². The minimum Gasteiger partial charge on any atom is -0.493 e. The van der Waals surface area contributed by atoms with E-state index in [-0.39, 0.29) is 6.04 Å². The Morgan fingerprint density at radius 1 is 1.21 bits per heavy atom. The molecule has 7 atom stereocenters. The average molecular weight is 474 g/mol. The normalized spacial score (nSPS) is 41.5. The molecule has 7 unspecified atom stereocenters. The van der Waals surface area contributed by atoms with Crippen molar-refractivity contribution in [2.45, 2.75) is 95.2 Å². The lowest BCUT2D eigenvalue weighted by Gasteiger charge is -2.61. The van der Waals surface area contributed by atoms with E-state index in [0.717, 1.165) is 42.9 Å². The molecule has 34 heavy (non-hydrogen) atoms. The number of fused-ring (bicyclic) bond motifs is 1. The Bertz CT molecular complexity index is 918. The SMILES string of the molecule is CCCCC1COC(CC)(C2Oc3c(OC)ccc4c3C23CCN(C)C(C4)C3(C)O)OCC1C. The third kappa shape index (κ3) is 3.21. The zero-order valence-electron chi connectivity index (χ0n) is 21.9. The number of likely N-dealkylation sites (tertiary alicyclic amines) is 1. The summed E-state index contributed by atoms with van der Waals surface area (Å²) < 4.78 is 26.2. The minimum absolute atomic E-state index is 0.00936. The number of aliphatic hydroxyl groups is 1. The number of hydrogen-bond donors (Lipinski definition) is 1. The summed E-state index contributed by atoms with van der Waals surface area (Å²) in [5, 5.41) is 12.3. The van der Waals surface area contributed by atoms with Crippen LogP contribution in [0, 0.1) is 11.8 Å². The van der Waals surface area contributed by atoms with E-state index in [9.17, 15) is 5.11 Å². The summed E-state index contributed by atoms with van der Waals surface area (Å²) in [5.74, 6) is 1.47. The van der Waals surface area contributed by atoms with E-state index in [1.165, 1.54) is 18.4 Å². The zero-order chi connectivity index (χ0) is 24.3. The molecular weight excluding hydrogens is 430 g/mol.